The molecule has 29 heavy (non-hydrogen) atoms. The Kier molecular flexibility index (Phi) is 5.34. The summed E-state index contributed by atoms with van der Waals surface area (Å²) in [5.41, 5.74) is 1.81. The number of nitrogens with one attached hydrogen (secondary N) is 1. The quantitative estimate of drug-likeness (QED) is 0.709. The lowest BCUT2D eigenvalue weighted by Crippen LogP contribution is -2.37. The van der Waals surface area contributed by atoms with Crippen LogP contribution in [0.25, 0.3) is 10.9 Å². The van der Waals surface area contributed by atoms with Crippen molar-refractivity contribution in [2.24, 2.45) is 5.92 Å². The van der Waals surface area contributed by atoms with Gasteiger partial charge in [0.1, 0.15) is 0 Å². The molecule has 0 radical (unpaired) electrons. The first kappa shape index (κ1) is 19.5. The van der Waals surface area contributed by atoms with E-state index in [4.69, 9.17) is 0 Å². The third-order valence-corrected chi connectivity index (χ3v) is 7.30. The van der Waals surface area contributed by atoms with E-state index in [0.717, 1.165) is 23.7 Å². The van der Waals surface area contributed by atoms with E-state index < -0.39 is 10.0 Å². The molecule has 150 valence electrons. The Hall–Kier alpha value is -2.77. The number of carbonyl (C=O) groups excluding carboxylic acids is 1. The van der Waals surface area contributed by atoms with E-state index in [1.165, 1.54) is 0 Å². The maximum Gasteiger partial charge on any atom is 0.256 e. The van der Waals surface area contributed by atoms with Crippen molar-refractivity contribution >= 4 is 32.5 Å². The maximum absolute atomic E-state index is 12.8. The Morgan fingerprint density at radius 2 is 1.72 bits per heavy atom. The number of hydrogen-bond acceptors (Lipinski definition) is 4. The topological polar surface area (TPSA) is 79.4 Å². The SMILES string of the molecule is CC1CCN(S(=O)(=O)c2ccc(NC(=O)c3ccnc4ccccc34)cc2)CC1. The van der Waals surface area contributed by atoms with Crippen molar-refractivity contribution in [3.63, 3.8) is 0 Å². The molecular weight excluding hydrogens is 386 g/mol. The van der Waals surface area contributed by atoms with Crippen LogP contribution in [-0.2, 0) is 10.0 Å². The highest BCUT2D eigenvalue weighted by atomic mass is 32.2. The fourth-order valence-corrected chi connectivity index (χ4v) is 5.05. The average Bonchev–Trinajstić information content (AvgIpc) is 2.74. The Morgan fingerprint density at radius 3 is 2.45 bits per heavy atom. The highest BCUT2D eigenvalue weighted by Crippen LogP contribution is 2.25. The summed E-state index contributed by atoms with van der Waals surface area (Å²) in [5, 5.41) is 3.61. The third-order valence-electron chi connectivity index (χ3n) is 5.39. The minimum absolute atomic E-state index is 0.249. The molecule has 1 aliphatic heterocycles. The van der Waals surface area contributed by atoms with Crippen LogP contribution in [0.5, 0.6) is 0 Å². The van der Waals surface area contributed by atoms with Crippen LogP contribution >= 0.6 is 0 Å². The van der Waals surface area contributed by atoms with E-state index in [-0.39, 0.29) is 10.8 Å². The second kappa shape index (κ2) is 7.93. The monoisotopic (exact) mass is 409 g/mol. The van der Waals surface area contributed by atoms with Gasteiger partial charge in [0.05, 0.1) is 16.0 Å². The third kappa shape index (κ3) is 4.02. The number of nitrogens with zero attached hydrogens (tertiary/aromatic N) is 2. The predicted molar refractivity (Wildman–Crippen MR) is 113 cm³/mol. The zero-order chi connectivity index (χ0) is 20.4. The molecule has 1 N–H and O–H groups in total. The summed E-state index contributed by atoms with van der Waals surface area (Å²) in [4.78, 5) is 17.2. The normalized spacial score (nSPS) is 16.0. The lowest BCUT2D eigenvalue weighted by atomic mass is 10.0. The summed E-state index contributed by atoms with van der Waals surface area (Å²) in [6, 6.07) is 15.5. The number of pyridine rings is 1. The minimum atomic E-state index is -3.50. The summed E-state index contributed by atoms with van der Waals surface area (Å²) in [6.45, 7) is 3.25. The van der Waals surface area contributed by atoms with Crippen LogP contribution in [0.2, 0.25) is 0 Å². The van der Waals surface area contributed by atoms with Crippen LogP contribution in [0.3, 0.4) is 0 Å². The molecule has 0 bridgehead atoms. The van der Waals surface area contributed by atoms with Crippen LogP contribution in [0, 0.1) is 5.92 Å². The second-order valence-corrected chi connectivity index (χ2v) is 9.38. The van der Waals surface area contributed by atoms with Crippen molar-refractivity contribution in [2.45, 2.75) is 24.7 Å². The molecule has 1 aromatic heterocycles. The molecule has 3 aromatic rings. The van der Waals surface area contributed by atoms with Crippen LogP contribution in [0.15, 0.2) is 65.7 Å². The highest BCUT2D eigenvalue weighted by Gasteiger charge is 2.27. The van der Waals surface area contributed by atoms with Gasteiger partial charge in [0.25, 0.3) is 5.91 Å². The summed E-state index contributed by atoms with van der Waals surface area (Å²) in [6.07, 6.45) is 3.37. The van der Waals surface area contributed by atoms with Gasteiger partial charge in [0.15, 0.2) is 0 Å². The number of aromatic nitrogens is 1. The largest absolute Gasteiger partial charge is 0.322 e. The minimum Gasteiger partial charge on any atom is -0.322 e. The molecule has 0 spiro atoms. The van der Waals surface area contributed by atoms with Gasteiger partial charge in [0.2, 0.25) is 10.0 Å². The van der Waals surface area contributed by atoms with Crippen molar-refractivity contribution in [1.29, 1.82) is 0 Å². The Labute approximate surface area is 170 Å². The summed E-state index contributed by atoms with van der Waals surface area (Å²) in [7, 11) is -3.50. The molecule has 2 heterocycles. The molecular formula is C22H23N3O3S. The highest BCUT2D eigenvalue weighted by molar-refractivity contribution is 7.89. The van der Waals surface area contributed by atoms with E-state index in [0.29, 0.717) is 30.3 Å². The number of amides is 1. The first-order valence-electron chi connectivity index (χ1n) is 9.70. The van der Waals surface area contributed by atoms with E-state index in [1.54, 1.807) is 40.8 Å². The number of rotatable bonds is 4. The summed E-state index contributed by atoms with van der Waals surface area (Å²) < 4.78 is 27.2. The standard InChI is InChI=1S/C22H23N3O3S/c1-16-11-14-25(15-12-16)29(27,28)18-8-6-17(7-9-18)24-22(26)20-10-13-23-21-5-3-2-4-19(20)21/h2-10,13,16H,11-12,14-15H2,1H3,(H,24,26). The first-order chi connectivity index (χ1) is 13.9. The van der Waals surface area contributed by atoms with Crippen molar-refractivity contribution in [1.82, 2.24) is 9.29 Å². The van der Waals surface area contributed by atoms with Crippen LogP contribution < -0.4 is 5.32 Å². The Balaban J connectivity index is 1.51. The number of carbonyl (C=O) groups is 1. The number of anilines is 1. The van der Waals surface area contributed by atoms with E-state index in [2.05, 4.69) is 17.2 Å². The molecule has 0 aliphatic carbocycles. The number of piperidine rings is 1. The molecule has 1 amide bonds. The van der Waals surface area contributed by atoms with Gasteiger partial charge in [-0.1, -0.05) is 25.1 Å². The fraction of sp³-hybridized carbons (Fsp3) is 0.273. The van der Waals surface area contributed by atoms with Gasteiger partial charge in [0, 0.05) is 30.4 Å². The average molecular weight is 410 g/mol. The Morgan fingerprint density at radius 1 is 1.03 bits per heavy atom. The molecule has 1 fully saturated rings. The van der Waals surface area contributed by atoms with Crippen molar-refractivity contribution in [3.05, 3.63) is 66.4 Å². The van der Waals surface area contributed by atoms with Crippen LogP contribution in [0.4, 0.5) is 5.69 Å². The van der Waals surface area contributed by atoms with E-state index >= 15 is 0 Å². The number of benzene rings is 2. The van der Waals surface area contributed by atoms with Gasteiger partial charge in [-0.05, 0) is 55.2 Å². The van der Waals surface area contributed by atoms with Crippen LogP contribution in [0.1, 0.15) is 30.1 Å². The Bertz CT molecular complexity index is 1130. The first-order valence-corrected chi connectivity index (χ1v) is 11.1. The van der Waals surface area contributed by atoms with Gasteiger partial charge in [-0.2, -0.15) is 4.31 Å². The van der Waals surface area contributed by atoms with Crippen molar-refractivity contribution < 1.29 is 13.2 Å². The van der Waals surface area contributed by atoms with Gasteiger partial charge < -0.3 is 5.32 Å². The molecule has 1 saturated heterocycles. The lowest BCUT2D eigenvalue weighted by molar-refractivity contribution is 0.102. The van der Waals surface area contributed by atoms with Crippen molar-refractivity contribution in [2.75, 3.05) is 18.4 Å². The van der Waals surface area contributed by atoms with E-state index in [9.17, 15) is 13.2 Å². The molecule has 0 atom stereocenters. The van der Waals surface area contributed by atoms with E-state index in [1.807, 2.05) is 24.3 Å². The lowest BCUT2D eigenvalue weighted by Gasteiger charge is -2.29. The van der Waals surface area contributed by atoms with Gasteiger partial charge in [-0.25, -0.2) is 8.42 Å². The van der Waals surface area contributed by atoms with Gasteiger partial charge in [-0.15, -0.1) is 0 Å². The van der Waals surface area contributed by atoms with Crippen LogP contribution in [-0.4, -0.2) is 36.7 Å². The fourth-order valence-electron chi connectivity index (χ4n) is 3.58. The smallest absolute Gasteiger partial charge is 0.256 e. The molecule has 7 heteroatoms. The van der Waals surface area contributed by atoms with Crippen molar-refractivity contribution in [3.8, 4) is 0 Å². The molecule has 0 unspecified atom stereocenters. The number of hydrogen-bond donors (Lipinski definition) is 1. The van der Waals surface area contributed by atoms with Gasteiger partial charge in [-0.3, -0.25) is 9.78 Å². The number of fused-ring (bicyclic) bond motifs is 1. The zero-order valence-corrected chi connectivity index (χ0v) is 17.0. The molecule has 6 nitrogen and oxygen atoms in total. The molecule has 2 aromatic carbocycles. The number of para-hydroxylation sites is 1. The summed E-state index contributed by atoms with van der Waals surface area (Å²) >= 11 is 0. The second-order valence-electron chi connectivity index (χ2n) is 7.44. The predicted octanol–water partition coefficient (Wildman–Crippen LogP) is 3.91. The zero-order valence-electron chi connectivity index (χ0n) is 16.2. The molecule has 1 aliphatic rings. The maximum atomic E-state index is 12.8. The molecule has 0 saturated carbocycles. The summed E-state index contributed by atoms with van der Waals surface area (Å²) in [5.74, 6) is 0.299. The molecule has 4 rings (SSSR count). The van der Waals surface area contributed by atoms with Gasteiger partial charge >= 0.3 is 0 Å². The number of sulfonamides is 1.